The number of nitrogens with zero attached hydrogens (tertiary/aromatic N) is 2. The van der Waals surface area contributed by atoms with Crippen molar-refractivity contribution in [3.63, 3.8) is 0 Å². The van der Waals surface area contributed by atoms with Crippen molar-refractivity contribution >= 4 is 6.01 Å². The van der Waals surface area contributed by atoms with Gasteiger partial charge in [-0.1, -0.05) is 20.8 Å². The molecule has 1 aromatic heterocycles. The van der Waals surface area contributed by atoms with Gasteiger partial charge in [-0.3, -0.25) is 0 Å². The second-order valence-electron chi connectivity index (χ2n) is 6.43. The van der Waals surface area contributed by atoms with Gasteiger partial charge in [0.1, 0.15) is 6.26 Å². The van der Waals surface area contributed by atoms with Crippen molar-refractivity contribution in [3.8, 4) is 0 Å². The van der Waals surface area contributed by atoms with E-state index in [2.05, 4.69) is 42.9 Å². The van der Waals surface area contributed by atoms with E-state index in [1.54, 1.807) is 6.26 Å². The lowest BCUT2D eigenvalue weighted by molar-refractivity contribution is 0.318. The topological polar surface area (TPSA) is 41.3 Å². The molecule has 4 heteroatoms. The third kappa shape index (κ3) is 3.25. The van der Waals surface area contributed by atoms with E-state index in [-0.39, 0.29) is 5.41 Å². The summed E-state index contributed by atoms with van der Waals surface area (Å²) in [5.41, 5.74) is 1.19. The molecule has 0 aromatic carbocycles. The highest BCUT2D eigenvalue weighted by atomic mass is 16.4. The minimum absolute atomic E-state index is 0.204. The summed E-state index contributed by atoms with van der Waals surface area (Å²) in [6, 6.07) is 1.79. The maximum Gasteiger partial charge on any atom is 0.297 e. The van der Waals surface area contributed by atoms with Crippen LogP contribution in [0.5, 0.6) is 0 Å². The second kappa shape index (κ2) is 4.92. The predicted molar refractivity (Wildman–Crippen MR) is 73.7 cm³/mol. The smallest absolute Gasteiger partial charge is 0.297 e. The Hall–Kier alpha value is -1.03. The largest absolute Gasteiger partial charge is 0.432 e. The Morgan fingerprint density at radius 2 is 2.17 bits per heavy atom. The Balaban J connectivity index is 1.95. The van der Waals surface area contributed by atoms with Crippen molar-refractivity contribution in [1.29, 1.82) is 0 Å². The van der Waals surface area contributed by atoms with Crippen LogP contribution in [0.15, 0.2) is 10.7 Å². The molecule has 0 aliphatic heterocycles. The van der Waals surface area contributed by atoms with Crippen LogP contribution in [0.4, 0.5) is 6.01 Å². The Morgan fingerprint density at radius 1 is 1.50 bits per heavy atom. The SMILES string of the molecule is CC(N(C)c1nc(CNC2CC2)co1)C(C)(C)C. The number of rotatable bonds is 5. The fraction of sp³-hybridized carbons (Fsp3) is 0.786. The maximum atomic E-state index is 5.57. The summed E-state index contributed by atoms with van der Waals surface area (Å²) >= 11 is 0. The van der Waals surface area contributed by atoms with Crippen LogP contribution in [-0.2, 0) is 6.54 Å². The fourth-order valence-corrected chi connectivity index (χ4v) is 1.82. The monoisotopic (exact) mass is 251 g/mol. The van der Waals surface area contributed by atoms with Gasteiger partial charge in [0.15, 0.2) is 0 Å². The van der Waals surface area contributed by atoms with E-state index < -0.39 is 0 Å². The van der Waals surface area contributed by atoms with Crippen molar-refractivity contribution in [1.82, 2.24) is 10.3 Å². The van der Waals surface area contributed by atoms with E-state index >= 15 is 0 Å². The first-order chi connectivity index (χ1) is 8.38. The van der Waals surface area contributed by atoms with Crippen LogP contribution >= 0.6 is 0 Å². The van der Waals surface area contributed by atoms with E-state index in [4.69, 9.17) is 4.42 Å². The number of nitrogens with one attached hydrogen (secondary N) is 1. The van der Waals surface area contributed by atoms with Crippen LogP contribution < -0.4 is 10.2 Å². The fourth-order valence-electron chi connectivity index (χ4n) is 1.82. The first-order valence-electron chi connectivity index (χ1n) is 6.78. The van der Waals surface area contributed by atoms with Gasteiger partial charge in [-0.15, -0.1) is 0 Å². The molecule has 0 spiro atoms. The minimum Gasteiger partial charge on any atom is -0.432 e. The summed E-state index contributed by atoms with van der Waals surface area (Å²) in [6.45, 7) is 9.70. The molecule has 1 unspecified atom stereocenters. The molecule has 1 N–H and O–H groups in total. The summed E-state index contributed by atoms with van der Waals surface area (Å²) in [6.07, 6.45) is 4.36. The lowest BCUT2D eigenvalue weighted by atomic mass is 9.87. The molecule has 0 bridgehead atoms. The number of anilines is 1. The molecule has 0 saturated heterocycles. The molecule has 102 valence electrons. The molecular weight excluding hydrogens is 226 g/mol. The van der Waals surface area contributed by atoms with Gasteiger partial charge in [0.25, 0.3) is 6.01 Å². The zero-order valence-electron chi connectivity index (χ0n) is 12.2. The molecule has 1 heterocycles. The quantitative estimate of drug-likeness (QED) is 0.873. The van der Waals surface area contributed by atoms with E-state index in [0.717, 1.165) is 12.2 Å². The third-order valence-corrected chi connectivity index (χ3v) is 3.82. The summed E-state index contributed by atoms with van der Waals surface area (Å²) in [5.74, 6) is 0. The lowest BCUT2D eigenvalue weighted by Crippen LogP contribution is -2.39. The molecule has 1 saturated carbocycles. The average molecular weight is 251 g/mol. The zero-order chi connectivity index (χ0) is 13.3. The van der Waals surface area contributed by atoms with Gasteiger partial charge in [0.05, 0.1) is 5.69 Å². The summed E-state index contributed by atoms with van der Waals surface area (Å²) in [5, 5.41) is 3.44. The van der Waals surface area contributed by atoms with E-state index in [1.807, 2.05) is 7.05 Å². The van der Waals surface area contributed by atoms with Crippen molar-refractivity contribution in [2.45, 2.75) is 59.2 Å². The molecule has 1 aliphatic carbocycles. The van der Waals surface area contributed by atoms with Crippen molar-refractivity contribution in [2.75, 3.05) is 11.9 Å². The van der Waals surface area contributed by atoms with Crippen molar-refractivity contribution < 1.29 is 4.42 Å². The Morgan fingerprint density at radius 3 is 2.72 bits per heavy atom. The van der Waals surface area contributed by atoms with Crippen LogP contribution in [0, 0.1) is 5.41 Å². The van der Waals surface area contributed by atoms with Crippen LogP contribution in [-0.4, -0.2) is 24.1 Å². The van der Waals surface area contributed by atoms with Crippen LogP contribution in [0.3, 0.4) is 0 Å². The van der Waals surface area contributed by atoms with Gasteiger partial charge in [-0.2, -0.15) is 4.98 Å². The standard InChI is InChI=1S/C14H25N3O/c1-10(14(2,3)4)17(5)13-16-12(9-18-13)8-15-11-6-7-11/h9-11,15H,6-8H2,1-5H3. The van der Waals surface area contributed by atoms with Crippen LogP contribution in [0.1, 0.15) is 46.2 Å². The zero-order valence-corrected chi connectivity index (χ0v) is 12.2. The number of aromatic nitrogens is 1. The summed E-state index contributed by atoms with van der Waals surface area (Å²) < 4.78 is 5.57. The molecule has 4 nitrogen and oxygen atoms in total. The second-order valence-corrected chi connectivity index (χ2v) is 6.43. The van der Waals surface area contributed by atoms with Gasteiger partial charge >= 0.3 is 0 Å². The van der Waals surface area contributed by atoms with Gasteiger partial charge in [0, 0.05) is 25.7 Å². The number of hydrogen-bond acceptors (Lipinski definition) is 4. The Bertz CT molecular complexity index is 390. The molecule has 18 heavy (non-hydrogen) atoms. The minimum atomic E-state index is 0.204. The van der Waals surface area contributed by atoms with E-state index in [1.165, 1.54) is 12.8 Å². The van der Waals surface area contributed by atoms with E-state index in [0.29, 0.717) is 18.1 Å². The van der Waals surface area contributed by atoms with Crippen LogP contribution in [0.25, 0.3) is 0 Å². The molecule has 0 amide bonds. The molecule has 1 atom stereocenters. The molecule has 2 rings (SSSR count). The molecule has 1 aromatic rings. The summed E-state index contributed by atoms with van der Waals surface area (Å²) in [7, 11) is 2.04. The molecule has 1 aliphatic rings. The first kappa shape index (κ1) is 13.4. The molecule has 1 fully saturated rings. The Labute approximate surface area is 110 Å². The van der Waals surface area contributed by atoms with Gasteiger partial charge in [0.2, 0.25) is 0 Å². The first-order valence-corrected chi connectivity index (χ1v) is 6.78. The lowest BCUT2D eigenvalue weighted by Gasteiger charge is -2.34. The normalized spacial score (nSPS) is 17.8. The van der Waals surface area contributed by atoms with Crippen molar-refractivity contribution in [3.05, 3.63) is 12.0 Å². The Kier molecular flexibility index (Phi) is 3.66. The highest BCUT2D eigenvalue weighted by Crippen LogP contribution is 2.27. The highest BCUT2D eigenvalue weighted by Gasteiger charge is 2.27. The predicted octanol–water partition coefficient (Wildman–Crippen LogP) is 2.80. The van der Waals surface area contributed by atoms with Gasteiger partial charge < -0.3 is 14.6 Å². The molecular formula is C14H25N3O. The van der Waals surface area contributed by atoms with E-state index in [9.17, 15) is 0 Å². The third-order valence-electron chi connectivity index (χ3n) is 3.82. The maximum absolute atomic E-state index is 5.57. The van der Waals surface area contributed by atoms with Crippen molar-refractivity contribution in [2.24, 2.45) is 5.41 Å². The highest BCUT2D eigenvalue weighted by molar-refractivity contribution is 5.28. The van der Waals surface area contributed by atoms with Crippen LogP contribution in [0.2, 0.25) is 0 Å². The number of hydrogen-bond donors (Lipinski definition) is 1. The van der Waals surface area contributed by atoms with Gasteiger partial charge in [-0.25, -0.2) is 0 Å². The average Bonchev–Trinajstić information content (AvgIpc) is 3.01. The summed E-state index contributed by atoms with van der Waals surface area (Å²) in [4.78, 5) is 6.65. The van der Waals surface area contributed by atoms with Gasteiger partial charge in [-0.05, 0) is 25.2 Å². The molecule has 0 radical (unpaired) electrons. The number of oxazole rings is 1.